The number of nitrogens with two attached hydrogens (primary N) is 1. The fourth-order valence-electron chi connectivity index (χ4n) is 2.41. The van der Waals surface area contributed by atoms with Gasteiger partial charge in [-0.1, -0.05) is 23.7 Å². The molecule has 1 fully saturated rings. The van der Waals surface area contributed by atoms with E-state index in [0.717, 1.165) is 24.3 Å². The summed E-state index contributed by atoms with van der Waals surface area (Å²) in [6, 6.07) is 7.20. The second-order valence-electron chi connectivity index (χ2n) is 4.85. The molecule has 2 N–H and O–H groups in total. The molecule has 2 rings (SSSR count). The Morgan fingerprint density at radius 3 is 2.58 bits per heavy atom. The van der Waals surface area contributed by atoms with E-state index < -0.39 is 6.04 Å². The Kier molecular flexibility index (Phi) is 6.11. The summed E-state index contributed by atoms with van der Waals surface area (Å²) in [7, 11) is 0. The Morgan fingerprint density at radius 1 is 1.37 bits per heavy atom. The third-order valence-corrected chi connectivity index (χ3v) is 3.64. The molecule has 0 saturated heterocycles. The molecule has 5 heteroatoms. The average Bonchev–Trinajstić information content (AvgIpc) is 2.78. The molecule has 0 bridgehead atoms. The van der Waals surface area contributed by atoms with Crippen LogP contribution in [0.5, 0.6) is 0 Å². The Bertz CT molecular complexity index is 420. The van der Waals surface area contributed by atoms with Crippen molar-refractivity contribution >= 4 is 30.0 Å². The van der Waals surface area contributed by atoms with E-state index in [2.05, 4.69) is 0 Å². The minimum Gasteiger partial charge on any atom is -0.461 e. The van der Waals surface area contributed by atoms with Crippen LogP contribution in [0.4, 0.5) is 0 Å². The van der Waals surface area contributed by atoms with E-state index in [0.29, 0.717) is 0 Å². The van der Waals surface area contributed by atoms with Crippen LogP contribution in [-0.2, 0) is 9.53 Å². The van der Waals surface area contributed by atoms with Crippen molar-refractivity contribution in [1.29, 1.82) is 0 Å². The fraction of sp³-hybridized carbons (Fsp3) is 0.500. The number of hydrogen-bond donors (Lipinski definition) is 1. The molecule has 1 aromatic rings. The lowest BCUT2D eigenvalue weighted by Gasteiger charge is -2.21. The molecule has 106 valence electrons. The predicted octanol–water partition coefficient (Wildman–Crippen LogP) is 3.29. The summed E-state index contributed by atoms with van der Waals surface area (Å²) < 4.78 is 5.47. The van der Waals surface area contributed by atoms with Crippen LogP contribution >= 0.6 is 24.0 Å². The zero-order valence-electron chi connectivity index (χ0n) is 10.8. The van der Waals surface area contributed by atoms with Gasteiger partial charge in [0.15, 0.2) is 0 Å². The van der Waals surface area contributed by atoms with Gasteiger partial charge in [0.1, 0.15) is 12.1 Å². The molecular weight excluding hydrogens is 285 g/mol. The normalized spacial score (nSPS) is 23.5. The highest BCUT2D eigenvalue weighted by Crippen LogP contribution is 2.37. The molecule has 19 heavy (non-hydrogen) atoms. The molecule has 1 aliphatic carbocycles. The van der Waals surface area contributed by atoms with Crippen molar-refractivity contribution in [3.8, 4) is 0 Å². The van der Waals surface area contributed by atoms with Gasteiger partial charge < -0.3 is 10.5 Å². The standard InChI is InChI=1S/C14H18ClNO2.ClH/c1-9(16)14(17)18-13-4-2-3-12(13)10-5-7-11(15)8-6-10;/h5-9,12-13H,2-4,16H2,1H3;1H/t9-,12?,13?;/m0./s1. The third kappa shape index (κ3) is 4.10. The topological polar surface area (TPSA) is 52.3 Å². The van der Waals surface area contributed by atoms with Crippen molar-refractivity contribution in [3.63, 3.8) is 0 Å². The first-order valence-electron chi connectivity index (χ1n) is 6.29. The quantitative estimate of drug-likeness (QED) is 0.872. The smallest absolute Gasteiger partial charge is 0.322 e. The third-order valence-electron chi connectivity index (χ3n) is 3.39. The Hall–Kier alpha value is -0.770. The lowest BCUT2D eigenvalue weighted by molar-refractivity contribution is -0.150. The van der Waals surface area contributed by atoms with Crippen LogP contribution in [0, 0.1) is 0 Å². The van der Waals surface area contributed by atoms with Gasteiger partial charge in [-0.25, -0.2) is 0 Å². The van der Waals surface area contributed by atoms with E-state index >= 15 is 0 Å². The summed E-state index contributed by atoms with van der Waals surface area (Å²) in [6.45, 7) is 1.65. The summed E-state index contributed by atoms with van der Waals surface area (Å²) in [5.74, 6) is -0.0502. The number of ether oxygens (including phenoxy) is 1. The summed E-state index contributed by atoms with van der Waals surface area (Å²) in [6.07, 6.45) is 2.97. The van der Waals surface area contributed by atoms with Gasteiger partial charge in [-0.15, -0.1) is 12.4 Å². The molecule has 1 saturated carbocycles. The minimum atomic E-state index is -0.559. The van der Waals surface area contributed by atoms with E-state index in [4.69, 9.17) is 22.1 Å². The first-order valence-corrected chi connectivity index (χ1v) is 6.67. The molecule has 1 aromatic carbocycles. The number of hydrogen-bond acceptors (Lipinski definition) is 3. The van der Waals surface area contributed by atoms with Gasteiger partial charge in [-0.2, -0.15) is 0 Å². The summed E-state index contributed by atoms with van der Waals surface area (Å²) in [4.78, 5) is 11.6. The van der Waals surface area contributed by atoms with Crippen LogP contribution in [0.1, 0.15) is 37.7 Å². The number of benzene rings is 1. The van der Waals surface area contributed by atoms with Gasteiger partial charge in [0.2, 0.25) is 0 Å². The molecule has 0 amide bonds. The van der Waals surface area contributed by atoms with Crippen molar-refractivity contribution < 1.29 is 9.53 Å². The van der Waals surface area contributed by atoms with Gasteiger partial charge in [0.25, 0.3) is 0 Å². The molecule has 0 aromatic heterocycles. The largest absolute Gasteiger partial charge is 0.461 e. The number of halogens is 2. The maximum Gasteiger partial charge on any atom is 0.322 e. The van der Waals surface area contributed by atoms with Crippen LogP contribution < -0.4 is 5.73 Å². The SMILES string of the molecule is C[C@H](N)C(=O)OC1CCCC1c1ccc(Cl)cc1.Cl. The zero-order valence-corrected chi connectivity index (χ0v) is 12.4. The van der Waals surface area contributed by atoms with Gasteiger partial charge >= 0.3 is 5.97 Å². The predicted molar refractivity (Wildman–Crippen MR) is 78.8 cm³/mol. The van der Waals surface area contributed by atoms with Crippen molar-refractivity contribution in [2.24, 2.45) is 5.73 Å². The zero-order chi connectivity index (χ0) is 13.1. The lowest BCUT2D eigenvalue weighted by atomic mass is 9.96. The maximum absolute atomic E-state index is 11.6. The van der Waals surface area contributed by atoms with E-state index in [1.54, 1.807) is 6.92 Å². The van der Waals surface area contributed by atoms with Crippen LogP contribution in [0.25, 0.3) is 0 Å². The summed E-state index contributed by atoms with van der Waals surface area (Å²) in [5.41, 5.74) is 6.71. The van der Waals surface area contributed by atoms with E-state index in [9.17, 15) is 4.79 Å². The Balaban J connectivity index is 0.00000180. The molecular formula is C14H19Cl2NO2. The highest BCUT2D eigenvalue weighted by molar-refractivity contribution is 6.30. The van der Waals surface area contributed by atoms with Crippen molar-refractivity contribution in [2.45, 2.75) is 44.2 Å². The molecule has 0 heterocycles. The monoisotopic (exact) mass is 303 g/mol. The van der Waals surface area contributed by atoms with Gasteiger partial charge in [0.05, 0.1) is 0 Å². The van der Waals surface area contributed by atoms with Crippen LogP contribution in [0.15, 0.2) is 24.3 Å². The van der Waals surface area contributed by atoms with Crippen LogP contribution in [-0.4, -0.2) is 18.1 Å². The van der Waals surface area contributed by atoms with Crippen LogP contribution in [0.2, 0.25) is 5.02 Å². The van der Waals surface area contributed by atoms with Crippen LogP contribution in [0.3, 0.4) is 0 Å². The van der Waals surface area contributed by atoms with Gasteiger partial charge in [0, 0.05) is 10.9 Å². The lowest BCUT2D eigenvalue weighted by Crippen LogP contribution is -2.33. The minimum absolute atomic E-state index is 0. The average molecular weight is 304 g/mol. The van der Waals surface area contributed by atoms with E-state index in [-0.39, 0.29) is 30.4 Å². The first-order chi connectivity index (χ1) is 8.58. The van der Waals surface area contributed by atoms with Gasteiger partial charge in [-0.05, 0) is 43.9 Å². The van der Waals surface area contributed by atoms with E-state index in [1.807, 2.05) is 24.3 Å². The highest BCUT2D eigenvalue weighted by Gasteiger charge is 2.32. The van der Waals surface area contributed by atoms with Gasteiger partial charge in [-0.3, -0.25) is 4.79 Å². The Morgan fingerprint density at radius 2 is 2.00 bits per heavy atom. The summed E-state index contributed by atoms with van der Waals surface area (Å²) >= 11 is 5.88. The van der Waals surface area contributed by atoms with E-state index in [1.165, 1.54) is 5.56 Å². The molecule has 3 nitrogen and oxygen atoms in total. The molecule has 1 aliphatic rings. The first kappa shape index (κ1) is 16.3. The number of carbonyl (C=O) groups excluding carboxylic acids is 1. The Labute approximate surface area is 124 Å². The highest BCUT2D eigenvalue weighted by atomic mass is 35.5. The number of carbonyl (C=O) groups is 1. The van der Waals surface area contributed by atoms with Crippen molar-refractivity contribution in [3.05, 3.63) is 34.9 Å². The second kappa shape index (κ2) is 7.13. The number of esters is 1. The second-order valence-corrected chi connectivity index (χ2v) is 5.29. The fourth-order valence-corrected chi connectivity index (χ4v) is 2.54. The molecule has 0 aliphatic heterocycles. The maximum atomic E-state index is 11.6. The molecule has 0 radical (unpaired) electrons. The summed E-state index contributed by atoms with van der Waals surface area (Å²) in [5, 5.41) is 0.723. The molecule has 0 spiro atoms. The molecule has 2 unspecified atom stereocenters. The van der Waals surface area contributed by atoms with Crippen molar-refractivity contribution in [1.82, 2.24) is 0 Å². The van der Waals surface area contributed by atoms with Crippen molar-refractivity contribution in [2.75, 3.05) is 0 Å². The number of rotatable bonds is 3. The molecule has 3 atom stereocenters.